The maximum absolute atomic E-state index is 13.5. The molecule has 7 heteroatoms. The van der Waals surface area contributed by atoms with Gasteiger partial charge in [-0.2, -0.15) is 0 Å². The van der Waals surface area contributed by atoms with E-state index in [1.807, 2.05) is 56.5 Å². The smallest absolute Gasteiger partial charge is 0.303 e. The molecule has 1 amide bonds. The van der Waals surface area contributed by atoms with Crippen LogP contribution in [-0.2, 0) is 19.1 Å². The van der Waals surface area contributed by atoms with E-state index in [2.05, 4.69) is 11.9 Å². The Balaban J connectivity index is 2.47. The normalized spacial score (nSPS) is 19.4. The third kappa shape index (κ3) is 6.00. The molecule has 0 fully saturated rings. The first-order valence-corrected chi connectivity index (χ1v) is 10.7. The van der Waals surface area contributed by atoms with Gasteiger partial charge in [-0.3, -0.25) is 9.59 Å². The number of likely N-dealkylation sites (N-methyl/N-ethyl adjacent to an activating group) is 1. The summed E-state index contributed by atoms with van der Waals surface area (Å²) in [4.78, 5) is 28.1. The van der Waals surface area contributed by atoms with Crippen molar-refractivity contribution in [3.63, 3.8) is 0 Å². The van der Waals surface area contributed by atoms with Crippen LogP contribution in [0.15, 0.2) is 65.3 Å². The number of amides is 1. The van der Waals surface area contributed by atoms with Crippen LogP contribution in [0.25, 0.3) is 0 Å². The average Bonchev–Trinajstić information content (AvgIpc) is 2.84. The van der Waals surface area contributed by atoms with Gasteiger partial charge in [0, 0.05) is 31.3 Å². The van der Waals surface area contributed by atoms with Gasteiger partial charge in [-0.05, 0) is 31.7 Å². The number of para-hydroxylation sites is 1. The number of nitrogens with zero attached hydrogens (tertiary/aromatic N) is 1. The largest absolute Gasteiger partial charge is 0.501 e. The summed E-state index contributed by atoms with van der Waals surface area (Å²) in [6.45, 7) is 8.17. The Kier molecular flexibility index (Phi) is 9.20. The second-order valence-electron chi connectivity index (χ2n) is 6.77. The molecule has 1 aromatic carbocycles. The van der Waals surface area contributed by atoms with Crippen molar-refractivity contribution >= 4 is 29.3 Å². The number of fused-ring (bicyclic) bond motifs is 1. The van der Waals surface area contributed by atoms with E-state index < -0.39 is 12.1 Å². The van der Waals surface area contributed by atoms with Gasteiger partial charge in [0.2, 0.25) is 0 Å². The summed E-state index contributed by atoms with van der Waals surface area (Å²) in [5, 5.41) is 2.70. The van der Waals surface area contributed by atoms with Crippen molar-refractivity contribution in [1.82, 2.24) is 5.32 Å². The number of allylic oxidation sites excluding steroid dienone is 3. The summed E-state index contributed by atoms with van der Waals surface area (Å²) in [6.07, 6.45) is 5.45. The van der Waals surface area contributed by atoms with Gasteiger partial charge in [0.1, 0.15) is 0 Å². The molecule has 2 unspecified atom stereocenters. The van der Waals surface area contributed by atoms with Crippen molar-refractivity contribution in [2.75, 3.05) is 32.1 Å². The second kappa shape index (κ2) is 11.6. The Morgan fingerprint density at radius 2 is 2.10 bits per heavy atom. The number of ether oxygens (including phenoxy) is 2. The molecule has 0 aliphatic carbocycles. The van der Waals surface area contributed by atoms with Crippen molar-refractivity contribution in [3.05, 3.63) is 60.4 Å². The van der Waals surface area contributed by atoms with E-state index in [9.17, 15) is 9.59 Å². The maximum Gasteiger partial charge on any atom is 0.303 e. The first-order chi connectivity index (χ1) is 14.4. The molecule has 1 aliphatic rings. The predicted octanol–water partition coefficient (Wildman–Crippen LogP) is 3.70. The van der Waals surface area contributed by atoms with Gasteiger partial charge in [0.15, 0.2) is 6.10 Å². The zero-order valence-corrected chi connectivity index (χ0v) is 18.8. The maximum atomic E-state index is 13.5. The molecule has 30 heavy (non-hydrogen) atoms. The van der Waals surface area contributed by atoms with Crippen LogP contribution >= 0.6 is 11.8 Å². The van der Waals surface area contributed by atoms with Crippen molar-refractivity contribution in [3.8, 4) is 0 Å². The highest BCUT2D eigenvalue weighted by Crippen LogP contribution is 2.41. The van der Waals surface area contributed by atoms with Crippen LogP contribution in [0.1, 0.15) is 20.3 Å². The lowest BCUT2D eigenvalue weighted by molar-refractivity contribution is -0.152. The van der Waals surface area contributed by atoms with Crippen molar-refractivity contribution in [2.45, 2.75) is 36.5 Å². The van der Waals surface area contributed by atoms with Crippen LogP contribution in [0.3, 0.4) is 0 Å². The molecule has 1 aromatic rings. The van der Waals surface area contributed by atoms with E-state index in [1.165, 1.54) is 18.7 Å². The second-order valence-corrected chi connectivity index (χ2v) is 7.95. The number of nitrogens with one attached hydrogen (secondary N) is 1. The summed E-state index contributed by atoms with van der Waals surface area (Å²) in [5.74, 6) is -0.0611. The molecule has 162 valence electrons. The molecule has 2 atom stereocenters. The molecular weight excluding hydrogens is 400 g/mol. The molecule has 2 rings (SSSR count). The first-order valence-electron chi connectivity index (χ1n) is 9.86. The lowest BCUT2D eigenvalue weighted by Crippen LogP contribution is -2.47. The summed E-state index contributed by atoms with van der Waals surface area (Å²) in [7, 11) is 3.42. The quantitative estimate of drug-likeness (QED) is 0.366. The number of carbonyl (C=O) groups excluding carboxylic acids is 2. The highest BCUT2D eigenvalue weighted by Gasteiger charge is 2.40. The van der Waals surface area contributed by atoms with Crippen molar-refractivity contribution < 1.29 is 19.1 Å². The van der Waals surface area contributed by atoms with Gasteiger partial charge in [-0.15, -0.1) is 11.8 Å². The van der Waals surface area contributed by atoms with E-state index in [4.69, 9.17) is 9.47 Å². The average molecular weight is 431 g/mol. The number of benzene rings is 1. The van der Waals surface area contributed by atoms with Crippen LogP contribution in [0.5, 0.6) is 0 Å². The Labute approximate surface area is 183 Å². The third-order valence-corrected chi connectivity index (χ3v) is 6.05. The van der Waals surface area contributed by atoms with Gasteiger partial charge < -0.3 is 19.7 Å². The highest BCUT2D eigenvalue weighted by atomic mass is 32.2. The Morgan fingerprint density at radius 3 is 2.73 bits per heavy atom. The van der Waals surface area contributed by atoms with Gasteiger partial charge >= 0.3 is 5.97 Å². The number of rotatable bonds is 9. The fourth-order valence-electron chi connectivity index (χ4n) is 3.13. The molecule has 0 saturated carbocycles. The third-order valence-electron chi connectivity index (χ3n) is 4.68. The summed E-state index contributed by atoms with van der Waals surface area (Å²) in [5.41, 5.74) is 1.73. The standard InChI is InChI=1S/C23H30N2O4S/c1-6-18(11-9-10-16(2)28-5)22-21(29-17(3)26)23(27)25(15-14-24-4)19-12-7-8-13-20(19)30-22/h6-9,11-13,21-22,24H,2,10,14-15H2,1,3-5H3/b11-9?,18-6+. The minimum atomic E-state index is -0.932. The molecule has 1 N–H and O–H groups in total. The fourth-order valence-corrected chi connectivity index (χ4v) is 4.51. The number of hydrogen-bond donors (Lipinski definition) is 1. The fraction of sp³-hybridized carbons (Fsp3) is 0.391. The summed E-state index contributed by atoms with van der Waals surface area (Å²) < 4.78 is 10.7. The molecule has 1 heterocycles. The van der Waals surface area contributed by atoms with Gasteiger partial charge in [-0.25, -0.2) is 0 Å². The minimum absolute atomic E-state index is 0.225. The SMILES string of the molecule is C=C(CC=C/C(=C\C)C1Sc2ccccc2N(CCNC)C(=O)C1OC(C)=O)OC. The number of methoxy groups -OCH3 is 1. The Morgan fingerprint density at radius 1 is 1.37 bits per heavy atom. The van der Waals surface area contributed by atoms with E-state index in [0.717, 1.165) is 16.2 Å². The predicted molar refractivity (Wildman–Crippen MR) is 122 cm³/mol. The topological polar surface area (TPSA) is 67.9 Å². The van der Waals surface area contributed by atoms with Crippen molar-refractivity contribution in [2.24, 2.45) is 0 Å². The van der Waals surface area contributed by atoms with E-state index in [1.54, 1.807) is 12.0 Å². The van der Waals surface area contributed by atoms with Crippen LogP contribution in [-0.4, -0.2) is 50.5 Å². The zero-order valence-electron chi connectivity index (χ0n) is 18.0. The molecule has 0 saturated heterocycles. The Bertz CT molecular complexity index is 834. The zero-order chi connectivity index (χ0) is 22.1. The number of thioether (sulfide) groups is 1. The van der Waals surface area contributed by atoms with E-state index in [0.29, 0.717) is 25.3 Å². The van der Waals surface area contributed by atoms with Crippen LogP contribution in [0, 0.1) is 0 Å². The van der Waals surface area contributed by atoms with Crippen LogP contribution < -0.4 is 10.2 Å². The van der Waals surface area contributed by atoms with Gasteiger partial charge in [0.25, 0.3) is 5.91 Å². The molecule has 0 bridgehead atoms. The monoisotopic (exact) mass is 430 g/mol. The van der Waals surface area contributed by atoms with E-state index >= 15 is 0 Å². The van der Waals surface area contributed by atoms with Gasteiger partial charge in [0.05, 0.1) is 23.8 Å². The Hall–Kier alpha value is -2.51. The molecule has 0 radical (unpaired) electrons. The highest BCUT2D eigenvalue weighted by molar-refractivity contribution is 8.00. The number of esters is 1. The summed E-state index contributed by atoms with van der Waals surface area (Å²) in [6, 6.07) is 7.78. The molecule has 0 spiro atoms. The van der Waals surface area contributed by atoms with E-state index in [-0.39, 0.29) is 11.2 Å². The first kappa shape index (κ1) is 23.8. The number of hydrogen-bond acceptors (Lipinski definition) is 6. The summed E-state index contributed by atoms with van der Waals surface area (Å²) >= 11 is 1.53. The lowest BCUT2D eigenvalue weighted by Gasteiger charge is -2.28. The molecular formula is C23H30N2O4S. The van der Waals surface area contributed by atoms with Crippen molar-refractivity contribution in [1.29, 1.82) is 0 Å². The van der Waals surface area contributed by atoms with Crippen LogP contribution in [0.2, 0.25) is 0 Å². The minimum Gasteiger partial charge on any atom is -0.501 e. The number of carbonyl (C=O) groups is 2. The molecule has 0 aromatic heterocycles. The number of anilines is 1. The lowest BCUT2D eigenvalue weighted by atomic mass is 10.0. The van der Waals surface area contributed by atoms with Gasteiger partial charge in [-0.1, -0.05) is 36.9 Å². The molecule has 1 aliphatic heterocycles. The van der Waals surface area contributed by atoms with Crippen LogP contribution in [0.4, 0.5) is 5.69 Å². The molecule has 6 nitrogen and oxygen atoms in total.